The monoisotopic (exact) mass is 306 g/mol. The standard InChI is InChI=1S/C12H15ClO5S/c1-2-19(16,17)7-3-6-18-11-5-4-9(12(14)15)8-10(11)13/h4-5,8H,2-3,6-7H2,1H3,(H,14,15). The number of aromatic carboxylic acids is 1. The van der Waals surface area contributed by atoms with E-state index in [9.17, 15) is 13.2 Å². The molecular weight excluding hydrogens is 292 g/mol. The highest BCUT2D eigenvalue weighted by molar-refractivity contribution is 7.91. The van der Waals surface area contributed by atoms with E-state index in [1.807, 2.05) is 0 Å². The Bertz CT molecular complexity index is 553. The first-order chi connectivity index (χ1) is 8.85. The molecule has 0 aliphatic rings. The number of hydrogen-bond acceptors (Lipinski definition) is 4. The molecule has 0 saturated carbocycles. The van der Waals surface area contributed by atoms with Gasteiger partial charge >= 0.3 is 5.97 Å². The minimum Gasteiger partial charge on any atom is -0.492 e. The molecule has 0 aliphatic heterocycles. The molecule has 0 heterocycles. The minimum absolute atomic E-state index is 0.0638. The van der Waals surface area contributed by atoms with Crippen LogP contribution in [-0.4, -0.2) is 37.6 Å². The van der Waals surface area contributed by atoms with Gasteiger partial charge in [0.05, 0.1) is 22.9 Å². The molecule has 19 heavy (non-hydrogen) atoms. The summed E-state index contributed by atoms with van der Waals surface area (Å²) in [6.45, 7) is 1.81. The van der Waals surface area contributed by atoms with E-state index in [-0.39, 0.29) is 28.7 Å². The van der Waals surface area contributed by atoms with Crippen molar-refractivity contribution in [1.82, 2.24) is 0 Å². The van der Waals surface area contributed by atoms with Crippen molar-refractivity contribution < 1.29 is 23.1 Å². The van der Waals surface area contributed by atoms with Gasteiger partial charge in [-0.3, -0.25) is 0 Å². The van der Waals surface area contributed by atoms with Gasteiger partial charge in [-0.15, -0.1) is 0 Å². The normalized spacial score (nSPS) is 11.3. The number of hydrogen-bond donors (Lipinski definition) is 1. The zero-order valence-electron chi connectivity index (χ0n) is 10.4. The molecule has 0 amide bonds. The van der Waals surface area contributed by atoms with E-state index >= 15 is 0 Å². The number of rotatable bonds is 7. The van der Waals surface area contributed by atoms with Crippen molar-refractivity contribution in [3.05, 3.63) is 28.8 Å². The van der Waals surface area contributed by atoms with E-state index < -0.39 is 15.8 Å². The quantitative estimate of drug-likeness (QED) is 0.781. The van der Waals surface area contributed by atoms with Gasteiger partial charge in [-0.05, 0) is 24.6 Å². The van der Waals surface area contributed by atoms with Crippen LogP contribution in [0.15, 0.2) is 18.2 Å². The van der Waals surface area contributed by atoms with Gasteiger partial charge in [0.25, 0.3) is 0 Å². The Hall–Kier alpha value is -1.27. The van der Waals surface area contributed by atoms with Gasteiger partial charge in [-0.1, -0.05) is 18.5 Å². The number of carbonyl (C=O) groups is 1. The fourth-order valence-electron chi connectivity index (χ4n) is 1.36. The fourth-order valence-corrected chi connectivity index (χ4v) is 2.44. The second kappa shape index (κ2) is 6.77. The van der Waals surface area contributed by atoms with Crippen molar-refractivity contribution in [3.8, 4) is 5.75 Å². The average molecular weight is 307 g/mol. The summed E-state index contributed by atoms with van der Waals surface area (Å²) in [6.07, 6.45) is 0.368. The summed E-state index contributed by atoms with van der Waals surface area (Å²) >= 11 is 5.86. The van der Waals surface area contributed by atoms with Crippen LogP contribution >= 0.6 is 11.6 Å². The van der Waals surface area contributed by atoms with E-state index in [0.717, 1.165) is 0 Å². The summed E-state index contributed by atoms with van der Waals surface area (Å²) in [5.41, 5.74) is 0.0749. The zero-order chi connectivity index (χ0) is 14.5. The maximum absolute atomic E-state index is 11.3. The first kappa shape index (κ1) is 15.8. The van der Waals surface area contributed by atoms with Crippen LogP contribution in [0.25, 0.3) is 0 Å². The Morgan fingerprint density at radius 2 is 2.11 bits per heavy atom. The van der Waals surface area contributed by atoms with E-state index in [1.54, 1.807) is 6.92 Å². The molecular formula is C12H15ClO5S. The molecule has 0 atom stereocenters. The minimum atomic E-state index is -2.99. The molecule has 1 aromatic carbocycles. The molecule has 106 valence electrons. The molecule has 1 N–H and O–H groups in total. The molecule has 1 aromatic rings. The fraction of sp³-hybridized carbons (Fsp3) is 0.417. The van der Waals surface area contributed by atoms with Gasteiger partial charge in [0, 0.05) is 5.75 Å². The van der Waals surface area contributed by atoms with Crippen molar-refractivity contribution in [3.63, 3.8) is 0 Å². The molecule has 5 nitrogen and oxygen atoms in total. The summed E-state index contributed by atoms with van der Waals surface area (Å²) in [5, 5.41) is 8.96. The molecule has 0 unspecified atom stereocenters. The average Bonchev–Trinajstić information content (AvgIpc) is 2.36. The van der Waals surface area contributed by atoms with Crippen LogP contribution in [0.3, 0.4) is 0 Å². The summed E-state index contributed by atoms with van der Waals surface area (Å²) in [4.78, 5) is 10.7. The van der Waals surface area contributed by atoms with Gasteiger partial charge in [0.1, 0.15) is 15.6 Å². The number of benzene rings is 1. The van der Waals surface area contributed by atoms with Crippen molar-refractivity contribution in [1.29, 1.82) is 0 Å². The summed E-state index contributed by atoms with van der Waals surface area (Å²) in [7, 11) is -2.99. The third-order valence-corrected chi connectivity index (χ3v) is 4.56. The Labute approximate surface area is 117 Å². The van der Waals surface area contributed by atoms with Crippen LogP contribution in [0.1, 0.15) is 23.7 Å². The largest absolute Gasteiger partial charge is 0.492 e. The lowest BCUT2D eigenvalue weighted by molar-refractivity contribution is 0.0697. The van der Waals surface area contributed by atoms with Crippen molar-refractivity contribution >= 4 is 27.4 Å². The second-order valence-electron chi connectivity index (χ2n) is 3.89. The topological polar surface area (TPSA) is 80.7 Å². The maximum Gasteiger partial charge on any atom is 0.335 e. The highest BCUT2D eigenvalue weighted by Gasteiger charge is 2.09. The number of ether oxygens (including phenoxy) is 1. The number of halogens is 1. The SMILES string of the molecule is CCS(=O)(=O)CCCOc1ccc(C(=O)O)cc1Cl. The lowest BCUT2D eigenvalue weighted by atomic mass is 10.2. The highest BCUT2D eigenvalue weighted by Crippen LogP contribution is 2.25. The van der Waals surface area contributed by atoms with E-state index in [1.165, 1.54) is 18.2 Å². The van der Waals surface area contributed by atoms with Crippen molar-refractivity contribution in [2.24, 2.45) is 0 Å². The first-order valence-corrected chi connectivity index (χ1v) is 7.91. The summed E-state index contributed by atoms with van der Waals surface area (Å²) in [6, 6.07) is 4.13. The van der Waals surface area contributed by atoms with Crippen LogP contribution < -0.4 is 4.74 Å². The van der Waals surface area contributed by atoms with Crippen molar-refractivity contribution in [2.45, 2.75) is 13.3 Å². The van der Waals surface area contributed by atoms with Crippen molar-refractivity contribution in [2.75, 3.05) is 18.1 Å². The first-order valence-electron chi connectivity index (χ1n) is 5.72. The molecule has 0 fully saturated rings. The Balaban J connectivity index is 2.53. The van der Waals surface area contributed by atoms with Crippen LogP contribution in [0.5, 0.6) is 5.75 Å². The van der Waals surface area contributed by atoms with Crippen LogP contribution in [0.2, 0.25) is 5.02 Å². The van der Waals surface area contributed by atoms with E-state index in [2.05, 4.69) is 0 Å². The second-order valence-corrected chi connectivity index (χ2v) is 6.77. The predicted octanol–water partition coefficient (Wildman–Crippen LogP) is 2.24. The molecule has 0 saturated heterocycles. The lowest BCUT2D eigenvalue weighted by Crippen LogP contribution is -2.12. The van der Waals surface area contributed by atoms with Gasteiger partial charge in [0.2, 0.25) is 0 Å². The van der Waals surface area contributed by atoms with Gasteiger partial charge < -0.3 is 9.84 Å². The predicted molar refractivity (Wildman–Crippen MR) is 72.9 cm³/mol. The van der Waals surface area contributed by atoms with Crippen LogP contribution in [0, 0.1) is 0 Å². The summed E-state index contributed by atoms with van der Waals surface area (Å²) in [5.74, 6) is -0.543. The van der Waals surface area contributed by atoms with Gasteiger partial charge in [0.15, 0.2) is 0 Å². The van der Waals surface area contributed by atoms with E-state index in [0.29, 0.717) is 12.2 Å². The molecule has 0 bridgehead atoms. The molecule has 0 aromatic heterocycles. The lowest BCUT2D eigenvalue weighted by Gasteiger charge is -2.08. The molecule has 0 spiro atoms. The van der Waals surface area contributed by atoms with Gasteiger partial charge in [-0.2, -0.15) is 0 Å². The Kier molecular flexibility index (Phi) is 5.62. The van der Waals surface area contributed by atoms with Crippen LogP contribution in [0.4, 0.5) is 0 Å². The Morgan fingerprint density at radius 1 is 1.42 bits per heavy atom. The molecule has 0 aliphatic carbocycles. The zero-order valence-corrected chi connectivity index (χ0v) is 12.0. The van der Waals surface area contributed by atoms with E-state index in [4.69, 9.17) is 21.4 Å². The third kappa shape index (κ3) is 5.08. The third-order valence-electron chi connectivity index (χ3n) is 2.48. The number of sulfone groups is 1. The molecule has 7 heteroatoms. The highest BCUT2D eigenvalue weighted by atomic mass is 35.5. The smallest absolute Gasteiger partial charge is 0.335 e. The molecule has 1 rings (SSSR count). The Morgan fingerprint density at radius 3 is 2.63 bits per heavy atom. The van der Waals surface area contributed by atoms with Crippen LogP contribution in [-0.2, 0) is 9.84 Å². The summed E-state index contributed by atoms with van der Waals surface area (Å²) < 4.78 is 27.8. The molecule has 0 radical (unpaired) electrons. The van der Waals surface area contributed by atoms with Gasteiger partial charge in [-0.25, -0.2) is 13.2 Å². The number of carboxylic acids is 1. The number of carboxylic acid groups (broad SMARTS) is 1. The maximum atomic E-state index is 11.3.